The van der Waals surface area contributed by atoms with Crippen LogP contribution in [-0.2, 0) is 0 Å². The first kappa shape index (κ1) is 22.1. The third-order valence-electron chi connectivity index (χ3n) is 4.37. The lowest BCUT2D eigenvalue weighted by molar-refractivity contribution is -0.384. The number of thiazole rings is 2. The average Bonchev–Trinajstić information content (AvgIpc) is 3.44. The van der Waals surface area contributed by atoms with E-state index in [-0.39, 0.29) is 21.6 Å². The number of hydrogen-bond donors (Lipinski definition) is 2. The lowest BCUT2D eigenvalue weighted by atomic mass is 10.2. The number of ether oxygens (including phenoxy) is 2. The van der Waals surface area contributed by atoms with E-state index in [1.807, 2.05) is 0 Å². The van der Waals surface area contributed by atoms with Crippen LogP contribution >= 0.6 is 22.7 Å². The van der Waals surface area contributed by atoms with Crippen molar-refractivity contribution in [1.29, 1.82) is 0 Å². The SMILES string of the molecule is COc1cc(OC)cc(C(=O)Nc2nc(C(=O)Nc3nc4ccc([N+](=O)[O-])cc4s3)cs2)c1. The number of aromatic nitrogens is 2. The summed E-state index contributed by atoms with van der Waals surface area (Å²) in [6.07, 6.45) is 0. The maximum Gasteiger partial charge on any atom is 0.276 e. The number of non-ortho nitro benzene ring substituents is 1. The third kappa shape index (κ3) is 4.88. The van der Waals surface area contributed by atoms with Gasteiger partial charge in [0.15, 0.2) is 10.3 Å². The molecule has 33 heavy (non-hydrogen) atoms. The summed E-state index contributed by atoms with van der Waals surface area (Å²) in [4.78, 5) is 44.0. The zero-order valence-corrected chi connectivity index (χ0v) is 18.8. The normalized spacial score (nSPS) is 10.6. The zero-order chi connectivity index (χ0) is 23.5. The van der Waals surface area contributed by atoms with E-state index in [2.05, 4.69) is 20.6 Å². The number of nitrogens with one attached hydrogen (secondary N) is 2. The van der Waals surface area contributed by atoms with E-state index >= 15 is 0 Å². The number of hydrogen-bond acceptors (Lipinski definition) is 10. The van der Waals surface area contributed by atoms with Crippen LogP contribution in [0.1, 0.15) is 20.8 Å². The highest BCUT2D eigenvalue weighted by molar-refractivity contribution is 7.22. The van der Waals surface area contributed by atoms with E-state index in [4.69, 9.17) is 9.47 Å². The highest BCUT2D eigenvalue weighted by Crippen LogP contribution is 2.30. The molecular formula is C20H15N5O6S2. The van der Waals surface area contributed by atoms with Gasteiger partial charge in [-0.1, -0.05) is 11.3 Å². The molecule has 0 fully saturated rings. The van der Waals surface area contributed by atoms with Crippen molar-refractivity contribution >= 4 is 60.7 Å². The van der Waals surface area contributed by atoms with Gasteiger partial charge in [0.25, 0.3) is 17.5 Å². The molecule has 168 valence electrons. The van der Waals surface area contributed by atoms with Gasteiger partial charge in [0.1, 0.15) is 17.2 Å². The summed E-state index contributed by atoms with van der Waals surface area (Å²) in [5, 5.41) is 18.2. The topological polar surface area (TPSA) is 146 Å². The summed E-state index contributed by atoms with van der Waals surface area (Å²) < 4.78 is 10.9. The van der Waals surface area contributed by atoms with Crippen molar-refractivity contribution in [1.82, 2.24) is 9.97 Å². The van der Waals surface area contributed by atoms with Gasteiger partial charge in [-0.3, -0.25) is 30.3 Å². The molecule has 13 heteroatoms. The fourth-order valence-corrected chi connectivity index (χ4v) is 4.36. The van der Waals surface area contributed by atoms with E-state index in [1.54, 1.807) is 18.2 Å². The van der Waals surface area contributed by atoms with Gasteiger partial charge in [-0.05, 0) is 18.2 Å². The van der Waals surface area contributed by atoms with Crippen LogP contribution in [0.15, 0.2) is 41.8 Å². The summed E-state index contributed by atoms with van der Waals surface area (Å²) >= 11 is 2.19. The standard InChI is InChI=1S/C20H15N5O6S2/c1-30-12-5-10(6-13(8-12)31-2)17(26)23-19-22-15(9-32-19)18(27)24-20-21-14-4-3-11(25(28)29)7-16(14)33-20/h3-9H,1-2H3,(H,21,24,27)(H,22,23,26). The second kappa shape index (κ2) is 9.18. The number of anilines is 2. The van der Waals surface area contributed by atoms with E-state index in [0.717, 1.165) is 22.7 Å². The van der Waals surface area contributed by atoms with E-state index < -0.39 is 16.7 Å². The first-order valence-corrected chi connectivity index (χ1v) is 10.9. The predicted octanol–water partition coefficient (Wildman–Crippen LogP) is 4.18. The Hall–Kier alpha value is -4.10. The number of amides is 2. The number of methoxy groups -OCH3 is 2. The lowest BCUT2D eigenvalue weighted by Crippen LogP contribution is -2.14. The molecule has 0 atom stereocenters. The molecule has 4 rings (SSSR count). The molecule has 0 saturated heterocycles. The van der Waals surface area contributed by atoms with Gasteiger partial charge in [0.05, 0.1) is 29.4 Å². The Morgan fingerprint density at radius 1 is 0.970 bits per heavy atom. The van der Waals surface area contributed by atoms with Crippen LogP contribution in [0.5, 0.6) is 11.5 Å². The molecule has 2 aromatic heterocycles. The Morgan fingerprint density at radius 2 is 1.67 bits per heavy atom. The van der Waals surface area contributed by atoms with Crippen LogP contribution in [0.25, 0.3) is 10.2 Å². The molecule has 0 bridgehead atoms. The highest BCUT2D eigenvalue weighted by Gasteiger charge is 2.17. The molecule has 0 saturated carbocycles. The van der Waals surface area contributed by atoms with Crippen molar-refractivity contribution in [3.05, 3.63) is 63.1 Å². The number of rotatable bonds is 7. The van der Waals surface area contributed by atoms with Crippen LogP contribution in [0.2, 0.25) is 0 Å². The van der Waals surface area contributed by atoms with E-state index in [1.165, 1.54) is 37.8 Å². The number of nitro groups is 1. The van der Waals surface area contributed by atoms with E-state index in [9.17, 15) is 19.7 Å². The molecule has 2 N–H and O–H groups in total. The van der Waals surface area contributed by atoms with Crippen LogP contribution in [0.3, 0.4) is 0 Å². The molecule has 4 aromatic rings. The van der Waals surface area contributed by atoms with Gasteiger partial charge in [-0.2, -0.15) is 0 Å². The van der Waals surface area contributed by atoms with Crippen molar-refractivity contribution < 1.29 is 24.0 Å². The molecule has 0 spiro atoms. The maximum atomic E-state index is 12.6. The number of fused-ring (bicyclic) bond motifs is 1. The van der Waals surface area contributed by atoms with Crippen molar-refractivity contribution in [3.63, 3.8) is 0 Å². The number of carbonyl (C=O) groups is 2. The average molecular weight is 486 g/mol. The number of nitro benzene ring substituents is 1. The second-order valence-electron chi connectivity index (χ2n) is 6.48. The highest BCUT2D eigenvalue weighted by atomic mass is 32.1. The Kier molecular flexibility index (Phi) is 6.15. The van der Waals surface area contributed by atoms with Gasteiger partial charge in [-0.15, -0.1) is 11.3 Å². The quantitative estimate of drug-likeness (QED) is 0.293. The molecule has 0 aliphatic heterocycles. The summed E-state index contributed by atoms with van der Waals surface area (Å²) in [6, 6.07) is 9.01. The van der Waals surface area contributed by atoms with E-state index in [0.29, 0.717) is 27.3 Å². The minimum absolute atomic E-state index is 0.0578. The largest absolute Gasteiger partial charge is 0.497 e. The van der Waals surface area contributed by atoms with Crippen molar-refractivity contribution in [2.75, 3.05) is 24.9 Å². The molecule has 0 aliphatic carbocycles. The molecule has 0 radical (unpaired) electrons. The number of nitrogens with zero attached hydrogens (tertiary/aromatic N) is 3. The first-order chi connectivity index (χ1) is 15.9. The van der Waals surface area contributed by atoms with Crippen LogP contribution < -0.4 is 20.1 Å². The monoisotopic (exact) mass is 485 g/mol. The second-order valence-corrected chi connectivity index (χ2v) is 8.36. The Balaban J connectivity index is 1.46. The van der Waals surface area contributed by atoms with Gasteiger partial charge in [0, 0.05) is 29.1 Å². The fourth-order valence-electron chi connectivity index (χ4n) is 2.78. The number of carbonyl (C=O) groups excluding carboxylic acids is 2. The number of benzene rings is 2. The van der Waals surface area contributed by atoms with Crippen molar-refractivity contribution in [3.8, 4) is 11.5 Å². The molecule has 2 amide bonds. The molecule has 0 aliphatic rings. The van der Waals surface area contributed by atoms with Crippen LogP contribution in [-0.4, -0.2) is 40.9 Å². The van der Waals surface area contributed by atoms with Crippen LogP contribution in [0.4, 0.5) is 16.0 Å². The Bertz CT molecular complexity index is 1360. The van der Waals surface area contributed by atoms with Gasteiger partial charge < -0.3 is 9.47 Å². The minimum Gasteiger partial charge on any atom is -0.497 e. The lowest BCUT2D eigenvalue weighted by Gasteiger charge is -2.08. The van der Waals surface area contributed by atoms with Gasteiger partial charge in [0.2, 0.25) is 0 Å². The minimum atomic E-state index is -0.525. The van der Waals surface area contributed by atoms with Gasteiger partial charge >= 0.3 is 0 Å². The van der Waals surface area contributed by atoms with Crippen LogP contribution in [0, 0.1) is 10.1 Å². The third-order valence-corrected chi connectivity index (χ3v) is 6.07. The predicted molar refractivity (Wildman–Crippen MR) is 124 cm³/mol. The molecular weight excluding hydrogens is 470 g/mol. The van der Waals surface area contributed by atoms with Crippen molar-refractivity contribution in [2.45, 2.75) is 0 Å². The molecule has 11 nitrogen and oxygen atoms in total. The Labute approximate surface area is 194 Å². The summed E-state index contributed by atoms with van der Waals surface area (Å²) in [7, 11) is 2.96. The Morgan fingerprint density at radius 3 is 2.33 bits per heavy atom. The maximum absolute atomic E-state index is 12.6. The summed E-state index contributed by atoms with van der Waals surface area (Å²) in [5.41, 5.74) is 0.859. The molecule has 2 heterocycles. The van der Waals surface area contributed by atoms with Crippen molar-refractivity contribution in [2.24, 2.45) is 0 Å². The molecule has 2 aromatic carbocycles. The first-order valence-electron chi connectivity index (χ1n) is 9.22. The fraction of sp³-hybridized carbons (Fsp3) is 0.100. The molecule has 0 unspecified atom stereocenters. The van der Waals surface area contributed by atoms with Gasteiger partial charge in [-0.25, -0.2) is 9.97 Å². The zero-order valence-electron chi connectivity index (χ0n) is 17.1. The summed E-state index contributed by atoms with van der Waals surface area (Å²) in [5.74, 6) is -0.0515. The summed E-state index contributed by atoms with van der Waals surface area (Å²) in [6.45, 7) is 0. The smallest absolute Gasteiger partial charge is 0.276 e.